The first-order valence-corrected chi connectivity index (χ1v) is 12.4. The fourth-order valence-electron chi connectivity index (χ4n) is 8.88. The number of rotatable bonds is 11. The molecular weight excluding hydrogens is 408 g/mol. The molecule has 2 N–H and O–H groups in total. The van der Waals surface area contributed by atoms with E-state index in [0.717, 1.165) is 37.4 Å². The first kappa shape index (κ1) is 23.6. The van der Waals surface area contributed by atoms with Crippen LogP contribution in [0.25, 0.3) is 0 Å². The molecule has 0 saturated heterocycles. The Hall–Kier alpha value is -1.53. The Morgan fingerprint density at radius 2 is 2.03 bits per heavy atom. The summed E-state index contributed by atoms with van der Waals surface area (Å²) >= 11 is 0. The molecule has 6 heteroatoms. The molecule has 32 heavy (non-hydrogen) atoms. The molecule has 0 aromatic heterocycles. The van der Waals surface area contributed by atoms with Gasteiger partial charge in [-0.3, -0.25) is 4.79 Å². The zero-order valence-corrected chi connectivity index (χ0v) is 19.6. The average Bonchev–Trinajstić information content (AvgIpc) is 3.34. The van der Waals surface area contributed by atoms with Gasteiger partial charge in [-0.1, -0.05) is 38.8 Å². The lowest BCUT2D eigenvalue weighted by Gasteiger charge is -2.60. The van der Waals surface area contributed by atoms with Crippen LogP contribution in [0.5, 0.6) is 0 Å². The molecular formula is C26H38O6. The van der Waals surface area contributed by atoms with Crippen molar-refractivity contribution in [3.63, 3.8) is 0 Å². The van der Waals surface area contributed by atoms with E-state index >= 15 is 0 Å². The molecule has 0 radical (unpaired) electrons. The standard InChI is InChI=1S/C26H38O6/c1-16(2)21-12-18-13-24(15-29)20-8-7-17(3)19(20)14-25(18,26(21,24)23(30)31)22(6-4-9-27)32-11-5-10-28/h10,12,15-20,22,27H,4-9,11,13-14H2,1-3H3,(H,30,31). The quantitative estimate of drug-likeness (QED) is 0.285. The van der Waals surface area contributed by atoms with Crippen molar-refractivity contribution in [1.82, 2.24) is 0 Å². The lowest BCUT2D eigenvalue weighted by atomic mass is 9.41. The van der Waals surface area contributed by atoms with E-state index in [1.807, 2.05) is 13.8 Å². The molecule has 0 aromatic rings. The van der Waals surface area contributed by atoms with Gasteiger partial charge >= 0.3 is 5.97 Å². The minimum absolute atomic E-state index is 0.000104. The number of allylic oxidation sites excluding steroid dienone is 1. The Kier molecular flexibility index (Phi) is 6.17. The fraction of sp³-hybridized carbons (Fsp3) is 0.808. The van der Waals surface area contributed by atoms with Gasteiger partial charge in [-0.05, 0) is 61.7 Å². The predicted molar refractivity (Wildman–Crippen MR) is 119 cm³/mol. The first-order chi connectivity index (χ1) is 15.3. The molecule has 8 unspecified atom stereocenters. The topological polar surface area (TPSA) is 101 Å². The lowest BCUT2D eigenvalue weighted by molar-refractivity contribution is -0.200. The van der Waals surface area contributed by atoms with Crippen LogP contribution in [0.3, 0.4) is 0 Å². The number of ether oxygens (including phenoxy) is 1. The summed E-state index contributed by atoms with van der Waals surface area (Å²) in [6.07, 6.45) is 8.11. The van der Waals surface area contributed by atoms with Crippen molar-refractivity contribution >= 4 is 18.5 Å². The number of carboxylic acids is 1. The number of aliphatic hydroxyl groups is 1. The molecule has 4 bridgehead atoms. The van der Waals surface area contributed by atoms with Crippen LogP contribution < -0.4 is 0 Å². The number of aldehydes is 2. The van der Waals surface area contributed by atoms with Gasteiger partial charge in [-0.25, -0.2) is 0 Å². The zero-order chi connectivity index (χ0) is 23.3. The molecule has 4 aliphatic carbocycles. The highest BCUT2D eigenvalue weighted by molar-refractivity contribution is 5.90. The van der Waals surface area contributed by atoms with Gasteiger partial charge in [-0.2, -0.15) is 0 Å². The summed E-state index contributed by atoms with van der Waals surface area (Å²) in [5.74, 6) is -0.101. The van der Waals surface area contributed by atoms with E-state index in [1.165, 1.54) is 0 Å². The minimum Gasteiger partial charge on any atom is -0.481 e. The predicted octanol–water partition coefficient (Wildman–Crippen LogP) is 3.66. The van der Waals surface area contributed by atoms with Gasteiger partial charge in [0.25, 0.3) is 0 Å². The van der Waals surface area contributed by atoms with Crippen LogP contribution in [0.1, 0.15) is 65.7 Å². The van der Waals surface area contributed by atoms with E-state index in [-0.39, 0.29) is 37.4 Å². The maximum Gasteiger partial charge on any atom is 0.315 e. The van der Waals surface area contributed by atoms with E-state index in [2.05, 4.69) is 13.0 Å². The van der Waals surface area contributed by atoms with E-state index < -0.39 is 28.3 Å². The molecule has 4 aliphatic rings. The van der Waals surface area contributed by atoms with E-state index in [9.17, 15) is 24.6 Å². The third-order valence-electron chi connectivity index (χ3n) is 9.75. The van der Waals surface area contributed by atoms with E-state index in [0.29, 0.717) is 31.1 Å². The average molecular weight is 447 g/mol. The van der Waals surface area contributed by atoms with Crippen molar-refractivity contribution < 1.29 is 29.3 Å². The highest BCUT2D eigenvalue weighted by Gasteiger charge is 2.85. The van der Waals surface area contributed by atoms with E-state index in [1.54, 1.807) is 0 Å². The van der Waals surface area contributed by atoms with Gasteiger partial charge in [0.1, 0.15) is 18.0 Å². The first-order valence-electron chi connectivity index (χ1n) is 12.4. The molecule has 4 rings (SSSR count). The molecule has 8 atom stereocenters. The third-order valence-corrected chi connectivity index (χ3v) is 9.75. The van der Waals surface area contributed by atoms with E-state index in [4.69, 9.17) is 4.74 Å². The van der Waals surface area contributed by atoms with Crippen molar-refractivity contribution in [3.05, 3.63) is 11.6 Å². The number of carbonyl (C=O) groups is 3. The molecule has 6 nitrogen and oxygen atoms in total. The maximum atomic E-state index is 13.5. The van der Waals surface area contributed by atoms with Gasteiger partial charge in [-0.15, -0.1) is 0 Å². The molecule has 0 aliphatic heterocycles. The number of aliphatic hydroxyl groups excluding tert-OH is 1. The smallest absolute Gasteiger partial charge is 0.315 e. The Morgan fingerprint density at radius 3 is 2.62 bits per heavy atom. The molecule has 178 valence electrons. The monoisotopic (exact) mass is 446 g/mol. The normalized spacial score (nSPS) is 42.6. The van der Waals surface area contributed by atoms with Crippen molar-refractivity contribution in [2.24, 2.45) is 45.8 Å². The van der Waals surface area contributed by atoms with Crippen LogP contribution in [0, 0.1) is 45.8 Å². The number of hydrogen-bond donors (Lipinski definition) is 2. The molecule has 0 amide bonds. The second-order valence-corrected chi connectivity index (χ2v) is 11.1. The lowest BCUT2D eigenvalue weighted by Crippen LogP contribution is -2.65. The summed E-state index contributed by atoms with van der Waals surface area (Å²) in [7, 11) is 0. The largest absolute Gasteiger partial charge is 0.481 e. The van der Waals surface area contributed by atoms with Crippen molar-refractivity contribution in [3.8, 4) is 0 Å². The fourth-order valence-corrected chi connectivity index (χ4v) is 8.88. The van der Waals surface area contributed by atoms with Crippen LogP contribution in [-0.2, 0) is 19.1 Å². The second-order valence-electron chi connectivity index (χ2n) is 11.1. The highest BCUT2D eigenvalue weighted by Crippen LogP contribution is 2.83. The second kappa shape index (κ2) is 8.35. The Balaban J connectivity index is 1.95. The molecule has 0 heterocycles. The van der Waals surface area contributed by atoms with Crippen LogP contribution in [0.2, 0.25) is 0 Å². The number of carboxylic acid groups (broad SMARTS) is 1. The molecule has 0 spiro atoms. The van der Waals surface area contributed by atoms with Crippen LogP contribution in [0.4, 0.5) is 0 Å². The Bertz CT molecular complexity index is 804. The number of aliphatic carboxylic acids is 1. The summed E-state index contributed by atoms with van der Waals surface area (Å²) < 4.78 is 6.35. The number of hydrogen-bond acceptors (Lipinski definition) is 5. The summed E-state index contributed by atoms with van der Waals surface area (Å²) in [6.45, 7) is 6.54. The highest BCUT2D eigenvalue weighted by atomic mass is 16.5. The van der Waals surface area contributed by atoms with Gasteiger partial charge in [0.2, 0.25) is 0 Å². The Labute approximate surface area is 190 Å². The number of fused-ring (bicyclic) bond motifs is 2. The maximum absolute atomic E-state index is 13.5. The summed E-state index contributed by atoms with van der Waals surface area (Å²) in [5.41, 5.74) is -2.04. The third kappa shape index (κ3) is 2.68. The summed E-state index contributed by atoms with van der Waals surface area (Å²) in [4.78, 5) is 37.6. The van der Waals surface area contributed by atoms with Gasteiger partial charge in [0.15, 0.2) is 0 Å². The number of carbonyl (C=O) groups excluding carboxylic acids is 2. The Morgan fingerprint density at radius 1 is 1.28 bits per heavy atom. The summed E-state index contributed by atoms with van der Waals surface area (Å²) in [6, 6.07) is 0. The van der Waals surface area contributed by atoms with Crippen molar-refractivity contribution in [1.29, 1.82) is 0 Å². The molecule has 0 aromatic carbocycles. The summed E-state index contributed by atoms with van der Waals surface area (Å²) in [5, 5.41) is 20.7. The van der Waals surface area contributed by atoms with Gasteiger partial charge < -0.3 is 24.5 Å². The van der Waals surface area contributed by atoms with Gasteiger partial charge in [0.05, 0.1) is 18.1 Å². The van der Waals surface area contributed by atoms with Crippen molar-refractivity contribution in [2.75, 3.05) is 13.2 Å². The van der Waals surface area contributed by atoms with Crippen LogP contribution in [0.15, 0.2) is 11.6 Å². The zero-order valence-electron chi connectivity index (χ0n) is 19.6. The van der Waals surface area contributed by atoms with Gasteiger partial charge in [0, 0.05) is 18.4 Å². The van der Waals surface area contributed by atoms with Crippen molar-refractivity contribution in [2.45, 2.75) is 71.8 Å². The minimum atomic E-state index is -1.28. The molecule has 3 fully saturated rings. The molecule has 3 saturated carbocycles. The SMILES string of the molecule is CC(C)C1=CC2CC3(C=O)C4CCC(C)C4CC2(C(CCCO)OCCC=O)C13C(=O)O. The van der Waals surface area contributed by atoms with Crippen LogP contribution >= 0.6 is 0 Å². The van der Waals surface area contributed by atoms with Crippen LogP contribution in [-0.4, -0.2) is 48.1 Å².